The monoisotopic (exact) mass is 1440 g/mol. The highest BCUT2D eigenvalue weighted by atomic mass is 79.9. The van der Waals surface area contributed by atoms with Crippen LogP contribution in [0.2, 0.25) is 0 Å². The van der Waals surface area contributed by atoms with Crippen LogP contribution >= 0.6 is 31.9 Å². The summed E-state index contributed by atoms with van der Waals surface area (Å²) in [6, 6.07) is 148. The molecule has 0 aromatic heterocycles. The molecule has 0 amide bonds. The van der Waals surface area contributed by atoms with Crippen molar-refractivity contribution in [1.82, 2.24) is 0 Å². The predicted octanol–water partition coefficient (Wildman–Crippen LogP) is 22.8. The first-order valence-corrected chi connectivity index (χ1v) is 36.8. The maximum absolute atomic E-state index is 3.69. The molecule has 2 nitrogen and oxygen atoms in total. The number of benzene rings is 16. The quantitative estimate of drug-likeness (QED) is 0.100. The Labute approximate surface area is 623 Å². The van der Waals surface area contributed by atoms with Crippen LogP contribution in [0.3, 0.4) is 0 Å². The van der Waals surface area contributed by atoms with E-state index < -0.39 is 0 Å². The molecule has 0 bridgehead atoms. The lowest BCUT2D eigenvalue weighted by molar-refractivity contribution is 1.19. The van der Waals surface area contributed by atoms with Crippen molar-refractivity contribution >= 4 is 112 Å². The summed E-state index contributed by atoms with van der Waals surface area (Å²) in [6.07, 6.45) is 1.03. The highest BCUT2D eigenvalue weighted by molar-refractivity contribution is 9.11. The van der Waals surface area contributed by atoms with Crippen molar-refractivity contribution in [1.29, 1.82) is 0 Å². The molecule has 2 aliphatic heterocycles. The van der Waals surface area contributed by atoms with E-state index in [0.29, 0.717) is 0 Å². The smallest absolute Gasteiger partial charge is 0.243 e. The van der Waals surface area contributed by atoms with Crippen LogP contribution in [0.25, 0.3) is 66.8 Å². The summed E-state index contributed by atoms with van der Waals surface area (Å²) in [6.45, 7) is 0.212. The average Bonchev–Trinajstić information content (AvgIpc) is 1.60. The first kappa shape index (κ1) is 65.8. The van der Waals surface area contributed by atoms with Gasteiger partial charge < -0.3 is 9.80 Å². The van der Waals surface area contributed by atoms with Gasteiger partial charge >= 0.3 is 0 Å². The Balaban J connectivity index is 0.000000148. The fourth-order valence-corrected chi connectivity index (χ4v) is 16.2. The SMILES string of the molecule is Brc1cc(Br)cc(B2c3ccc(-c4ccccc4)cc3-c3cc(-c4ccccc4)ccc32)c1.c1ccc(-c2ccc3c(c2)-c2cc(-c4ccccc4)ccc2B3c2cc(N(c3ccccc3)c3ccccc3)cc(N(c3ccccc3)c3ccccc3)c2)cc1.c1ccc(Cc2ccccc2)cc1. The van der Waals surface area contributed by atoms with E-state index in [4.69, 9.17) is 0 Å². The average molecular weight is 1450 g/mol. The highest BCUT2D eigenvalue weighted by Gasteiger charge is 2.37. The van der Waals surface area contributed by atoms with E-state index in [1.165, 1.54) is 111 Å². The van der Waals surface area contributed by atoms with Crippen molar-refractivity contribution in [3.8, 4) is 66.8 Å². The topological polar surface area (TPSA) is 6.48 Å². The molecule has 0 N–H and O–H groups in total. The molecule has 0 aliphatic carbocycles. The Morgan fingerprint density at radius 3 is 0.689 bits per heavy atom. The van der Waals surface area contributed by atoms with Gasteiger partial charge in [0.25, 0.3) is 0 Å². The molecule has 18 rings (SSSR count). The third-order valence-corrected chi connectivity index (χ3v) is 20.5. The normalized spacial score (nSPS) is 11.4. The largest absolute Gasteiger partial charge is 0.310 e. The Morgan fingerprint density at radius 1 is 0.194 bits per heavy atom. The van der Waals surface area contributed by atoms with Crippen LogP contribution < -0.4 is 42.6 Å². The maximum atomic E-state index is 3.69. The van der Waals surface area contributed by atoms with E-state index >= 15 is 0 Å². The van der Waals surface area contributed by atoms with Crippen molar-refractivity contribution in [3.63, 3.8) is 0 Å². The molecule has 0 spiro atoms. The number of fused-ring (bicyclic) bond motifs is 6. The number of halogens is 2. The summed E-state index contributed by atoms with van der Waals surface area (Å²) < 4.78 is 2.17. The molecule has 103 heavy (non-hydrogen) atoms. The van der Waals surface area contributed by atoms with Crippen molar-refractivity contribution < 1.29 is 0 Å². The third kappa shape index (κ3) is 14.5. The Kier molecular flexibility index (Phi) is 19.5. The maximum Gasteiger partial charge on any atom is 0.243 e. The zero-order valence-corrected chi connectivity index (χ0v) is 59.9. The molecule has 0 fully saturated rings. The summed E-state index contributed by atoms with van der Waals surface area (Å²) in [5.74, 6) is 0. The summed E-state index contributed by atoms with van der Waals surface area (Å²) in [5.41, 5.74) is 32.3. The molecule has 0 saturated heterocycles. The lowest BCUT2D eigenvalue weighted by atomic mass is 9.39. The number of hydrogen-bond donors (Lipinski definition) is 0. The second kappa shape index (κ2) is 30.6. The summed E-state index contributed by atoms with van der Waals surface area (Å²) >= 11 is 7.39. The molecule has 2 heterocycles. The van der Waals surface area contributed by atoms with Gasteiger partial charge in [-0.05, 0) is 181 Å². The van der Waals surface area contributed by atoms with Crippen molar-refractivity contribution in [3.05, 3.63) is 433 Å². The van der Waals surface area contributed by atoms with Gasteiger partial charge in [-0.15, -0.1) is 0 Å². The van der Waals surface area contributed by atoms with Crippen LogP contribution in [0.4, 0.5) is 34.1 Å². The summed E-state index contributed by atoms with van der Waals surface area (Å²) in [5, 5.41) is 0. The fourth-order valence-electron chi connectivity index (χ4n) is 14.9. The van der Waals surface area contributed by atoms with Gasteiger partial charge in [-0.25, -0.2) is 0 Å². The van der Waals surface area contributed by atoms with Crippen LogP contribution in [0, 0.1) is 0 Å². The minimum atomic E-state index is 0.00476. The zero-order valence-electron chi connectivity index (χ0n) is 56.8. The van der Waals surface area contributed by atoms with Crippen LogP contribution in [0.1, 0.15) is 11.1 Å². The van der Waals surface area contributed by atoms with Gasteiger partial charge in [-0.3, -0.25) is 0 Å². The standard InChI is InChI=1S/C54H39BN2.C30H19BBr2.C13H12/c1-7-19-40(20-8-1)42-31-33-53-51(35-42)52-36-43(41-21-9-2-10-22-41)32-34-54(52)55(53)44-37-49(56(45-23-11-3-12-24-45)46-25-13-4-14-26-46)39-50(38-44)57(47-27-15-5-16-28-47)48-29-17-6-18-30-48;32-25-17-24(18-26(33)19-25)31-29-13-11-22(20-7-3-1-4-8-20)15-27(29)28-16-23(12-14-30(28)31)21-9-5-2-6-10-21;1-3-7-12(8-4-1)11-13-9-5-2-6-10-13/h1-39H;1-19H;1-10H,11H2. The van der Waals surface area contributed by atoms with Gasteiger partial charge in [0.15, 0.2) is 0 Å². The Bertz CT molecular complexity index is 5130. The van der Waals surface area contributed by atoms with E-state index in [1.54, 1.807) is 0 Å². The zero-order chi connectivity index (χ0) is 69.3. The van der Waals surface area contributed by atoms with Crippen LogP contribution in [-0.4, -0.2) is 13.4 Å². The van der Waals surface area contributed by atoms with Crippen LogP contribution in [-0.2, 0) is 6.42 Å². The fraction of sp³-hybridized carbons (Fsp3) is 0.0103. The van der Waals surface area contributed by atoms with Crippen molar-refractivity contribution in [2.75, 3.05) is 9.80 Å². The molecule has 0 unspecified atom stereocenters. The number of rotatable bonds is 14. The first-order chi connectivity index (χ1) is 50.9. The molecule has 0 radical (unpaired) electrons. The third-order valence-electron chi connectivity index (χ3n) is 19.6. The minimum Gasteiger partial charge on any atom is -0.310 e. The van der Waals surface area contributed by atoms with Crippen LogP contribution in [0.15, 0.2) is 421 Å². The number of hydrogen-bond acceptors (Lipinski definition) is 2. The minimum absolute atomic E-state index is 0.00476. The lowest BCUT2D eigenvalue weighted by Crippen LogP contribution is -2.49. The Morgan fingerprint density at radius 2 is 0.427 bits per heavy atom. The van der Waals surface area contributed by atoms with Gasteiger partial charge in [-0.1, -0.05) is 380 Å². The van der Waals surface area contributed by atoms with E-state index in [0.717, 1.165) is 49.5 Å². The molecule has 2 aliphatic rings. The number of para-hydroxylation sites is 4. The highest BCUT2D eigenvalue weighted by Crippen LogP contribution is 2.42. The first-order valence-electron chi connectivity index (χ1n) is 35.2. The van der Waals surface area contributed by atoms with Crippen LogP contribution in [0.5, 0.6) is 0 Å². The molecule has 0 atom stereocenters. The molecule has 6 heteroatoms. The summed E-state index contributed by atoms with van der Waals surface area (Å²) in [4.78, 5) is 4.77. The number of anilines is 6. The second-order valence-corrected chi connectivity index (χ2v) is 28.0. The van der Waals surface area contributed by atoms with Crippen molar-refractivity contribution in [2.24, 2.45) is 0 Å². The van der Waals surface area contributed by atoms with E-state index in [-0.39, 0.29) is 13.4 Å². The van der Waals surface area contributed by atoms with Gasteiger partial charge in [0.1, 0.15) is 0 Å². The van der Waals surface area contributed by atoms with E-state index in [1.807, 2.05) is 0 Å². The molecule has 0 saturated carbocycles. The molecular formula is C97H70B2Br2N2. The van der Waals surface area contributed by atoms with E-state index in [9.17, 15) is 0 Å². The van der Waals surface area contributed by atoms with E-state index in [2.05, 4.69) is 454 Å². The molecular weight excluding hydrogens is 1370 g/mol. The number of nitrogens with zero attached hydrogens (tertiary/aromatic N) is 2. The van der Waals surface area contributed by atoms with Gasteiger partial charge in [0.2, 0.25) is 13.4 Å². The van der Waals surface area contributed by atoms with Gasteiger partial charge in [0.05, 0.1) is 0 Å². The second-order valence-electron chi connectivity index (χ2n) is 26.2. The van der Waals surface area contributed by atoms with Gasteiger partial charge in [-0.2, -0.15) is 0 Å². The molecule has 16 aromatic rings. The Hall–Kier alpha value is -11.8. The molecule has 488 valence electrons. The van der Waals surface area contributed by atoms with Crippen molar-refractivity contribution in [2.45, 2.75) is 6.42 Å². The molecule has 16 aromatic carbocycles. The lowest BCUT2D eigenvalue weighted by Gasteiger charge is -2.31. The van der Waals surface area contributed by atoms with Gasteiger partial charge in [0, 0.05) is 43.1 Å². The summed E-state index contributed by atoms with van der Waals surface area (Å²) in [7, 11) is 0. The predicted molar refractivity (Wildman–Crippen MR) is 448 cm³/mol.